The summed E-state index contributed by atoms with van der Waals surface area (Å²) in [6.07, 6.45) is 17.8. The first-order chi connectivity index (χ1) is 57.1. The number of hydrogen-bond donors (Lipinski definition) is 5. The van der Waals surface area contributed by atoms with Gasteiger partial charge < -0.3 is 59.9 Å². The molecule has 606 valence electrons. The fourth-order valence-electron chi connectivity index (χ4n) is 13.8. The van der Waals surface area contributed by atoms with Crippen molar-refractivity contribution in [3.63, 3.8) is 0 Å². The molecule has 118 heavy (non-hydrogen) atoms. The van der Waals surface area contributed by atoms with Crippen LogP contribution in [0.2, 0.25) is 30.1 Å². The van der Waals surface area contributed by atoms with E-state index in [1.807, 2.05) is 117 Å². The van der Waals surface area contributed by atoms with Crippen molar-refractivity contribution in [3.8, 4) is 67.9 Å². The second kappa shape index (κ2) is 36.9. The number of aryl methyl sites for hydroxylation is 1. The maximum atomic E-state index is 11.9. The van der Waals surface area contributed by atoms with Crippen molar-refractivity contribution in [2.24, 2.45) is 0 Å². The van der Waals surface area contributed by atoms with Gasteiger partial charge in [0, 0.05) is 183 Å². The molecule has 5 N–H and O–H groups in total. The van der Waals surface area contributed by atoms with Crippen LogP contribution in [-0.4, -0.2) is 177 Å². The average Bonchev–Trinajstić information content (AvgIpc) is 1.55. The Balaban J connectivity index is 0.000000153. The number of methoxy groups -OCH3 is 6. The lowest BCUT2D eigenvalue weighted by Crippen LogP contribution is -2.48. The summed E-state index contributed by atoms with van der Waals surface area (Å²) in [5.41, 5.74) is 13.9. The van der Waals surface area contributed by atoms with Crippen LogP contribution in [0.4, 0.5) is 29.1 Å². The Kier molecular flexibility index (Phi) is 26.2. The van der Waals surface area contributed by atoms with Crippen LogP contribution in [-0.2, 0) is 33.6 Å². The van der Waals surface area contributed by atoms with Gasteiger partial charge in [0.25, 0.3) is 0 Å². The predicted octanol–water partition coefficient (Wildman–Crippen LogP) is 17.2. The van der Waals surface area contributed by atoms with Gasteiger partial charge in [-0.05, 0) is 91.2 Å². The minimum absolute atomic E-state index is 0.00789. The highest BCUT2D eigenvalue weighted by atomic mass is 35.5. The zero-order chi connectivity index (χ0) is 83.8. The quantitative estimate of drug-likeness (QED) is 0.0332. The Labute approximate surface area is 708 Å². The van der Waals surface area contributed by atoms with Crippen molar-refractivity contribution in [2.75, 3.05) is 123 Å². The molecule has 5 aromatic carbocycles. The van der Waals surface area contributed by atoms with Gasteiger partial charge in [0.1, 0.15) is 57.3 Å². The number of halogens is 6. The second-order valence-corrected chi connectivity index (χ2v) is 29.0. The molecule has 9 aromatic heterocycles. The van der Waals surface area contributed by atoms with Crippen molar-refractivity contribution < 1.29 is 42.8 Å². The SMILES string of the molecule is C=CC(=O)N1CCN(CCCc2cn3c(n2)c(-c2c(Cl)c(OC)cc(OC)c2Cl)cc2cnc(NC)nc23)CC1.C=CC(=O)Nc1ccc(Cc2cn3c(n2)c(-c2c(Cl)c(OC)cc(OC)c2Cl)cc2cnc(NC)cc23)cc1.C=CC(=O)Nc1ccc(Cc2cn3c(n2)c(-c2c(Cl)c(OC)cc(OC)c2Cl)cc2cnc(NC)nc23)cc1. The summed E-state index contributed by atoms with van der Waals surface area (Å²) >= 11 is 40.8. The number of anilines is 5. The number of carbonyl (C=O) groups excluding carboxylic acids is 3. The standard InChI is InChI=1S/C29H25Cl2N5O3.C28H31Cl2N7O3.C28H24Cl2N6O3/c1-5-25(37)34-18-8-6-16(7-9-18)10-19-15-36-21-12-24(32-2)33-14-17(21)11-20(29(36)35-19)26-27(30)22(38-3)13-23(39-4)28(26)31;1-5-22(38)36-11-9-35(10-12-36)8-6-7-18-16-37-26-17(15-32-28(31-2)34-26)13-19(27(37)33-18)23-24(29)20(39-3)14-21(40-4)25(23)30;1-5-22(37)33-17-8-6-15(7-9-17)10-18-14-36-26-16(13-32-28(31-2)35-26)11-19(27(36)34-18)23-24(29)20(38-3)12-21(39-4)25(23)30/h5-9,11-15H,1,10H2,2-4H3,(H,32,33)(H,34,37);5,13-16H,1,6-12H2,2-4H3,(H,31,32,34);5-9,11-14H,1,10H2,2-4H3,(H,33,37)(H,31,32,35). The van der Waals surface area contributed by atoms with E-state index in [1.54, 1.807) is 79.3 Å². The number of nitrogens with zero attached hydrogens (tertiary/aromatic N) is 13. The number of benzene rings is 5. The lowest BCUT2D eigenvalue weighted by atomic mass is 10.0. The number of fused-ring (bicyclic) bond motifs is 9. The molecule has 0 radical (unpaired) electrons. The summed E-state index contributed by atoms with van der Waals surface area (Å²) < 4.78 is 38.9. The Morgan fingerprint density at radius 3 is 1.19 bits per heavy atom. The molecule has 0 bridgehead atoms. The molecule has 33 heteroatoms. The zero-order valence-electron chi connectivity index (χ0n) is 65.6. The number of amides is 3. The molecule has 3 amide bonds. The van der Waals surface area contributed by atoms with E-state index < -0.39 is 0 Å². The van der Waals surface area contributed by atoms with Crippen LogP contribution < -0.4 is 55.0 Å². The first kappa shape index (κ1) is 83.7. The molecule has 27 nitrogen and oxygen atoms in total. The Hall–Kier alpha value is -12.2. The van der Waals surface area contributed by atoms with Gasteiger partial charge in [0.05, 0.1) is 95.4 Å². The van der Waals surface area contributed by atoms with Gasteiger partial charge in [-0.3, -0.25) is 32.5 Å². The maximum Gasteiger partial charge on any atom is 0.247 e. The molecule has 15 rings (SSSR count). The van der Waals surface area contributed by atoms with E-state index in [9.17, 15) is 14.4 Å². The normalized spacial score (nSPS) is 12.0. The molecule has 0 atom stereocenters. The highest BCUT2D eigenvalue weighted by Gasteiger charge is 2.29. The number of carbonyl (C=O) groups is 3. The largest absolute Gasteiger partial charge is 0.495 e. The molecule has 14 aromatic rings. The summed E-state index contributed by atoms with van der Waals surface area (Å²) in [5, 5.41) is 19.1. The number of ether oxygens (including phenoxy) is 6. The van der Waals surface area contributed by atoms with Gasteiger partial charge in [-0.15, -0.1) is 0 Å². The first-order valence-corrected chi connectivity index (χ1v) is 39.1. The molecule has 1 saturated heterocycles. The molecule has 1 aliphatic heterocycles. The Bertz CT molecular complexity index is 5890. The topological polar surface area (TPSA) is 290 Å². The second-order valence-electron chi connectivity index (χ2n) is 26.7. The molecular weight excluding hydrogens is 1630 g/mol. The third-order valence-electron chi connectivity index (χ3n) is 19.7. The summed E-state index contributed by atoms with van der Waals surface area (Å²) in [4.78, 5) is 76.9. The van der Waals surface area contributed by atoms with Crippen molar-refractivity contribution in [1.29, 1.82) is 0 Å². The summed E-state index contributed by atoms with van der Waals surface area (Å²) in [6, 6.07) is 27.9. The average molecular weight is 1710 g/mol. The fourth-order valence-corrected chi connectivity index (χ4v) is 15.9. The number of pyridine rings is 4. The minimum atomic E-state index is -0.267. The van der Waals surface area contributed by atoms with E-state index >= 15 is 0 Å². The maximum absolute atomic E-state index is 11.9. The van der Waals surface area contributed by atoms with Crippen LogP contribution in [0.15, 0.2) is 166 Å². The van der Waals surface area contributed by atoms with Gasteiger partial charge in [0.2, 0.25) is 29.6 Å². The first-order valence-electron chi connectivity index (χ1n) is 36.8. The van der Waals surface area contributed by atoms with E-state index in [-0.39, 0.29) is 17.7 Å². The minimum Gasteiger partial charge on any atom is -0.495 e. The molecule has 1 fully saturated rings. The van der Waals surface area contributed by atoms with Gasteiger partial charge in [0.15, 0.2) is 11.3 Å². The number of hydrogen-bond acceptors (Lipinski definition) is 21. The van der Waals surface area contributed by atoms with Crippen LogP contribution >= 0.6 is 69.6 Å². The third kappa shape index (κ3) is 17.4. The van der Waals surface area contributed by atoms with Crippen LogP contribution in [0.5, 0.6) is 34.5 Å². The van der Waals surface area contributed by atoms with Crippen LogP contribution in [0.1, 0.15) is 34.6 Å². The van der Waals surface area contributed by atoms with Crippen molar-refractivity contribution in [1.82, 2.24) is 62.9 Å². The number of aromatic nitrogens is 11. The van der Waals surface area contributed by atoms with Gasteiger partial charge in [-0.1, -0.05) is 114 Å². The fraction of sp³-hybridized carbons (Fsp3) is 0.212. The molecule has 0 aliphatic carbocycles. The van der Waals surface area contributed by atoms with E-state index in [4.69, 9.17) is 118 Å². The van der Waals surface area contributed by atoms with Gasteiger partial charge in [-0.2, -0.15) is 9.97 Å². The molecular formula is C85H80Cl6N18O9. The molecule has 0 unspecified atom stereocenters. The van der Waals surface area contributed by atoms with Crippen molar-refractivity contribution >= 4 is 166 Å². The van der Waals surface area contributed by atoms with Crippen molar-refractivity contribution in [2.45, 2.75) is 25.7 Å². The smallest absolute Gasteiger partial charge is 0.247 e. The third-order valence-corrected chi connectivity index (χ3v) is 21.9. The highest BCUT2D eigenvalue weighted by molar-refractivity contribution is 6.43. The number of rotatable bonds is 25. The monoisotopic (exact) mass is 1710 g/mol. The molecule has 0 spiro atoms. The number of imidazole rings is 3. The zero-order valence-corrected chi connectivity index (χ0v) is 70.1. The Morgan fingerprint density at radius 1 is 0.432 bits per heavy atom. The lowest BCUT2D eigenvalue weighted by Gasteiger charge is -2.34. The molecule has 1 aliphatic rings. The summed E-state index contributed by atoms with van der Waals surface area (Å²) in [6.45, 7) is 14.6. The van der Waals surface area contributed by atoms with Crippen LogP contribution in [0.3, 0.4) is 0 Å². The van der Waals surface area contributed by atoms with E-state index in [2.05, 4.69) is 71.2 Å². The van der Waals surface area contributed by atoms with E-state index in [0.717, 1.165) is 93.7 Å². The van der Waals surface area contributed by atoms with E-state index in [0.29, 0.717) is 170 Å². The Morgan fingerprint density at radius 2 is 0.805 bits per heavy atom. The summed E-state index contributed by atoms with van der Waals surface area (Å²) in [5.74, 6) is 3.77. The molecule has 10 heterocycles. The number of nitrogens with one attached hydrogen (secondary N) is 5. The lowest BCUT2D eigenvalue weighted by molar-refractivity contribution is -0.127. The van der Waals surface area contributed by atoms with E-state index in [1.165, 1.54) is 32.4 Å². The predicted molar refractivity (Wildman–Crippen MR) is 469 cm³/mol. The highest BCUT2D eigenvalue weighted by Crippen LogP contribution is 2.51. The van der Waals surface area contributed by atoms with Gasteiger partial charge >= 0.3 is 0 Å². The van der Waals surface area contributed by atoms with Gasteiger partial charge in [-0.25, -0.2) is 29.9 Å². The van der Waals surface area contributed by atoms with Crippen molar-refractivity contribution in [3.05, 3.63) is 224 Å². The summed E-state index contributed by atoms with van der Waals surface area (Å²) in [7, 11) is 14.6. The van der Waals surface area contributed by atoms with Crippen LogP contribution in [0.25, 0.3) is 83.3 Å². The molecule has 0 saturated carbocycles. The van der Waals surface area contributed by atoms with Crippen LogP contribution in [0, 0.1) is 0 Å². The number of piperazine rings is 1.